The standard InChI is InChI=1S/C22H26BrNO3/c1-4-21(5-2,6-3)22(19(24)25,20(26)27)17-11-7-15(8-12-17)16-9-13-18(23)14-10-16/h7-14H,4-6H2,1-3H3,(H2,24,25)(H,26,27). The maximum Gasteiger partial charge on any atom is 0.324 e. The molecule has 1 amide bonds. The van der Waals surface area contributed by atoms with Crippen molar-refractivity contribution in [2.75, 3.05) is 0 Å². The highest BCUT2D eigenvalue weighted by Crippen LogP contribution is 2.50. The minimum Gasteiger partial charge on any atom is -0.480 e. The lowest BCUT2D eigenvalue weighted by molar-refractivity contribution is -0.157. The summed E-state index contributed by atoms with van der Waals surface area (Å²) in [6.07, 6.45) is 1.64. The van der Waals surface area contributed by atoms with Gasteiger partial charge in [-0.1, -0.05) is 73.1 Å². The Kier molecular flexibility index (Phi) is 6.47. The first-order chi connectivity index (χ1) is 12.8. The number of nitrogens with two attached hydrogens (primary N) is 1. The lowest BCUT2D eigenvalue weighted by Crippen LogP contribution is -2.59. The number of primary amides is 1. The highest BCUT2D eigenvalue weighted by Gasteiger charge is 2.59. The van der Waals surface area contributed by atoms with E-state index >= 15 is 0 Å². The maximum absolute atomic E-state index is 12.6. The number of hydrogen-bond acceptors (Lipinski definition) is 2. The first-order valence-corrected chi connectivity index (χ1v) is 9.98. The minimum atomic E-state index is -1.76. The van der Waals surface area contributed by atoms with Gasteiger partial charge in [0, 0.05) is 4.47 Å². The van der Waals surface area contributed by atoms with Crippen LogP contribution in [0.3, 0.4) is 0 Å². The fourth-order valence-electron chi connectivity index (χ4n) is 4.27. The maximum atomic E-state index is 12.6. The smallest absolute Gasteiger partial charge is 0.324 e. The highest BCUT2D eigenvalue weighted by atomic mass is 79.9. The van der Waals surface area contributed by atoms with Crippen LogP contribution in [0.5, 0.6) is 0 Å². The third-order valence-corrected chi connectivity index (χ3v) is 6.54. The van der Waals surface area contributed by atoms with Crippen LogP contribution in [-0.2, 0) is 15.0 Å². The summed E-state index contributed by atoms with van der Waals surface area (Å²) >= 11 is 3.42. The van der Waals surface area contributed by atoms with Gasteiger partial charge in [0.25, 0.3) is 0 Å². The number of carbonyl (C=O) groups excluding carboxylic acids is 1. The monoisotopic (exact) mass is 431 g/mol. The average molecular weight is 432 g/mol. The molecule has 0 aliphatic carbocycles. The van der Waals surface area contributed by atoms with Crippen LogP contribution in [0.15, 0.2) is 53.0 Å². The number of carbonyl (C=O) groups is 2. The number of halogens is 1. The summed E-state index contributed by atoms with van der Waals surface area (Å²) in [5.74, 6) is -1.99. The van der Waals surface area contributed by atoms with Crippen molar-refractivity contribution in [3.63, 3.8) is 0 Å². The molecule has 144 valence electrons. The fraction of sp³-hybridized carbons (Fsp3) is 0.364. The normalized spacial score (nSPS) is 13.8. The second kappa shape index (κ2) is 8.26. The summed E-state index contributed by atoms with van der Waals surface area (Å²) in [4.78, 5) is 25.1. The summed E-state index contributed by atoms with van der Waals surface area (Å²) in [6.45, 7) is 5.76. The molecule has 1 unspecified atom stereocenters. The molecule has 2 aromatic rings. The van der Waals surface area contributed by atoms with Crippen molar-refractivity contribution in [2.24, 2.45) is 11.1 Å². The molecule has 5 heteroatoms. The van der Waals surface area contributed by atoms with E-state index in [4.69, 9.17) is 5.73 Å². The molecule has 0 aromatic heterocycles. The molecule has 0 fully saturated rings. The molecule has 4 nitrogen and oxygen atoms in total. The van der Waals surface area contributed by atoms with E-state index in [2.05, 4.69) is 15.9 Å². The molecule has 2 aromatic carbocycles. The zero-order valence-corrected chi connectivity index (χ0v) is 17.5. The molecule has 0 aliphatic rings. The first kappa shape index (κ1) is 21.2. The SMILES string of the molecule is CCC(CC)(CC)C(C(N)=O)(C(=O)O)c1ccc(-c2ccc(Br)cc2)cc1. The molecule has 0 saturated heterocycles. The van der Waals surface area contributed by atoms with E-state index in [1.807, 2.05) is 57.2 Å². The zero-order valence-electron chi connectivity index (χ0n) is 16.0. The third-order valence-electron chi connectivity index (χ3n) is 6.01. The Morgan fingerprint density at radius 1 is 0.889 bits per heavy atom. The van der Waals surface area contributed by atoms with Crippen LogP contribution in [0.25, 0.3) is 11.1 Å². The largest absolute Gasteiger partial charge is 0.480 e. The Hall–Kier alpha value is -2.14. The molecule has 0 bridgehead atoms. The van der Waals surface area contributed by atoms with Crippen LogP contribution in [0.4, 0.5) is 0 Å². The van der Waals surface area contributed by atoms with Gasteiger partial charge in [0.2, 0.25) is 5.91 Å². The van der Waals surface area contributed by atoms with Gasteiger partial charge in [0.15, 0.2) is 5.41 Å². The van der Waals surface area contributed by atoms with E-state index in [0.29, 0.717) is 24.8 Å². The summed E-state index contributed by atoms with van der Waals surface area (Å²) in [5, 5.41) is 10.2. The van der Waals surface area contributed by atoms with Crippen LogP contribution >= 0.6 is 15.9 Å². The second-order valence-electron chi connectivity index (χ2n) is 6.84. The molecule has 0 radical (unpaired) electrons. The van der Waals surface area contributed by atoms with Gasteiger partial charge in [-0.2, -0.15) is 0 Å². The van der Waals surface area contributed by atoms with Gasteiger partial charge in [-0.15, -0.1) is 0 Å². The molecule has 0 saturated carbocycles. The van der Waals surface area contributed by atoms with Gasteiger partial charge in [-0.3, -0.25) is 9.59 Å². The van der Waals surface area contributed by atoms with E-state index in [1.165, 1.54) is 0 Å². The number of benzene rings is 2. The molecular weight excluding hydrogens is 406 g/mol. The second-order valence-corrected chi connectivity index (χ2v) is 7.76. The highest BCUT2D eigenvalue weighted by molar-refractivity contribution is 9.10. The van der Waals surface area contributed by atoms with Gasteiger partial charge < -0.3 is 10.8 Å². The van der Waals surface area contributed by atoms with Crippen molar-refractivity contribution in [3.05, 3.63) is 58.6 Å². The van der Waals surface area contributed by atoms with Gasteiger partial charge in [0.05, 0.1) is 0 Å². The predicted molar refractivity (Wildman–Crippen MR) is 111 cm³/mol. The summed E-state index contributed by atoms with van der Waals surface area (Å²) in [5.41, 5.74) is 5.65. The van der Waals surface area contributed by atoms with Crippen LogP contribution in [0, 0.1) is 5.41 Å². The number of hydrogen-bond donors (Lipinski definition) is 2. The Morgan fingerprint density at radius 2 is 1.30 bits per heavy atom. The molecular formula is C22H26BrNO3. The lowest BCUT2D eigenvalue weighted by atomic mass is 9.55. The van der Waals surface area contributed by atoms with E-state index in [9.17, 15) is 14.7 Å². The number of aliphatic carboxylic acids is 1. The van der Waals surface area contributed by atoms with Crippen LogP contribution in [0.1, 0.15) is 45.6 Å². The average Bonchev–Trinajstić information content (AvgIpc) is 2.66. The van der Waals surface area contributed by atoms with Crippen LogP contribution < -0.4 is 5.73 Å². The fourth-order valence-corrected chi connectivity index (χ4v) is 4.53. The van der Waals surface area contributed by atoms with Crippen molar-refractivity contribution < 1.29 is 14.7 Å². The van der Waals surface area contributed by atoms with Crippen molar-refractivity contribution in [1.82, 2.24) is 0 Å². The Morgan fingerprint density at radius 3 is 1.63 bits per heavy atom. The van der Waals surface area contributed by atoms with E-state index in [0.717, 1.165) is 15.6 Å². The van der Waals surface area contributed by atoms with Crippen LogP contribution in [0.2, 0.25) is 0 Å². The minimum absolute atomic E-state index is 0.439. The predicted octanol–water partition coefficient (Wildman–Crippen LogP) is 5.14. The van der Waals surface area contributed by atoms with Crippen molar-refractivity contribution in [3.8, 4) is 11.1 Å². The molecule has 0 spiro atoms. The lowest BCUT2D eigenvalue weighted by Gasteiger charge is -2.45. The van der Waals surface area contributed by atoms with Crippen molar-refractivity contribution in [1.29, 1.82) is 0 Å². The van der Waals surface area contributed by atoms with Gasteiger partial charge in [0.1, 0.15) is 0 Å². The summed E-state index contributed by atoms with van der Waals surface area (Å²) in [6, 6.07) is 15.0. The Labute approximate surface area is 168 Å². The zero-order chi connectivity index (χ0) is 20.2. The Bertz CT molecular complexity index is 786. The number of carboxylic acids is 1. The van der Waals surface area contributed by atoms with Gasteiger partial charge in [-0.05, 0) is 53.5 Å². The molecule has 1 atom stereocenters. The van der Waals surface area contributed by atoms with E-state index in [-0.39, 0.29) is 0 Å². The van der Waals surface area contributed by atoms with Crippen molar-refractivity contribution >= 4 is 27.8 Å². The quantitative estimate of drug-likeness (QED) is 0.567. The summed E-state index contributed by atoms with van der Waals surface area (Å²) < 4.78 is 0.986. The van der Waals surface area contributed by atoms with Gasteiger partial charge in [-0.25, -0.2) is 0 Å². The molecule has 3 N–H and O–H groups in total. The number of amides is 1. The molecule has 2 rings (SSSR count). The molecule has 27 heavy (non-hydrogen) atoms. The third kappa shape index (κ3) is 3.41. The van der Waals surface area contributed by atoms with E-state index in [1.54, 1.807) is 12.1 Å². The Balaban J connectivity index is 2.65. The van der Waals surface area contributed by atoms with Crippen LogP contribution in [-0.4, -0.2) is 17.0 Å². The molecule has 0 heterocycles. The first-order valence-electron chi connectivity index (χ1n) is 9.18. The number of rotatable bonds is 8. The molecule has 0 aliphatic heterocycles. The summed E-state index contributed by atoms with van der Waals surface area (Å²) in [7, 11) is 0. The van der Waals surface area contributed by atoms with Crippen molar-refractivity contribution in [2.45, 2.75) is 45.4 Å². The van der Waals surface area contributed by atoms with Gasteiger partial charge >= 0.3 is 5.97 Å². The topological polar surface area (TPSA) is 80.4 Å². The van der Waals surface area contributed by atoms with E-state index < -0.39 is 22.7 Å². The number of carboxylic acid groups (broad SMARTS) is 1.